The van der Waals surface area contributed by atoms with Crippen molar-refractivity contribution in [3.8, 4) is 0 Å². The molecule has 1 aliphatic rings. The SMILES string of the molecule is CC(O)CN(CC(C)O)CC1CCCO1. The second-order valence-corrected chi connectivity index (χ2v) is 4.55. The first-order valence-electron chi connectivity index (χ1n) is 5.78. The summed E-state index contributed by atoms with van der Waals surface area (Å²) in [6.45, 7) is 6.41. The van der Waals surface area contributed by atoms with Gasteiger partial charge in [0.05, 0.1) is 18.3 Å². The van der Waals surface area contributed by atoms with Gasteiger partial charge in [-0.2, -0.15) is 0 Å². The summed E-state index contributed by atoms with van der Waals surface area (Å²) in [5.74, 6) is 0. The van der Waals surface area contributed by atoms with E-state index in [1.54, 1.807) is 13.8 Å². The second kappa shape index (κ2) is 6.43. The number of aliphatic hydroxyl groups is 2. The van der Waals surface area contributed by atoms with Gasteiger partial charge >= 0.3 is 0 Å². The molecule has 0 aliphatic carbocycles. The summed E-state index contributed by atoms with van der Waals surface area (Å²) >= 11 is 0. The number of hydrogen-bond donors (Lipinski definition) is 2. The van der Waals surface area contributed by atoms with Crippen LogP contribution in [0.3, 0.4) is 0 Å². The van der Waals surface area contributed by atoms with Gasteiger partial charge in [-0.25, -0.2) is 0 Å². The van der Waals surface area contributed by atoms with Crippen LogP contribution in [-0.2, 0) is 4.74 Å². The van der Waals surface area contributed by atoms with E-state index < -0.39 is 0 Å². The van der Waals surface area contributed by atoms with Gasteiger partial charge in [0.15, 0.2) is 0 Å². The van der Waals surface area contributed by atoms with Crippen molar-refractivity contribution in [3.63, 3.8) is 0 Å². The highest BCUT2D eigenvalue weighted by Gasteiger charge is 2.20. The molecule has 2 N–H and O–H groups in total. The average Bonchev–Trinajstić information content (AvgIpc) is 2.53. The zero-order valence-electron chi connectivity index (χ0n) is 9.72. The minimum Gasteiger partial charge on any atom is -0.392 e. The van der Waals surface area contributed by atoms with E-state index in [1.807, 2.05) is 0 Å². The lowest BCUT2D eigenvalue weighted by Gasteiger charge is -2.27. The first-order chi connectivity index (χ1) is 7.08. The van der Waals surface area contributed by atoms with Crippen molar-refractivity contribution in [3.05, 3.63) is 0 Å². The molecule has 1 heterocycles. The maximum atomic E-state index is 9.35. The summed E-state index contributed by atoms with van der Waals surface area (Å²) in [5, 5.41) is 18.7. The van der Waals surface area contributed by atoms with Crippen molar-refractivity contribution in [1.82, 2.24) is 4.90 Å². The molecule has 4 nitrogen and oxygen atoms in total. The normalized spacial score (nSPS) is 25.8. The maximum Gasteiger partial charge on any atom is 0.0702 e. The van der Waals surface area contributed by atoms with Gasteiger partial charge in [0.2, 0.25) is 0 Å². The molecule has 1 saturated heterocycles. The average molecular weight is 217 g/mol. The van der Waals surface area contributed by atoms with Crippen LogP contribution in [0.4, 0.5) is 0 Å². The van der Waals surface area contributed by atoms with E-state index in [2.05, 4.69) is 4.90 Å². The van der Waals surface area contributed by atoms with Crippen LogP contribution in [0.5, 0.6) is 0 Å². The Bertz CT molecular complexity index is 157. The molecule has 90 valence electrons. The first-order valence-corrected chi connectivity index (χ1v) is 5.78. The maximum absolute atomic E-state index is 9.35. The predicted molar refractivity (Wildman–Crippen MR) is 58.8 cm³/mol. The summed E-state index contributed by atoms with van der Waals surface area (Å²) in [6.07, 6.45) is 1.79. The lowest BCUT2D eigenvalue weighted by atomic mass is 10.2. The van der Waals surface area contributed by atoms with Crippen molar-refractivity contribution < 1.29 is 14.9 Å². The van der Waals surface area contributed by atoms with Crippen molar-refractivity contribution in [2.24, 2.45) is 0 Å². The minimum absolute atomic E-state index is 0.280. The number of ether oxygens (including phenoxy) is 1. The molecule has 0 saturated carbocycles. The summed E-state index contributed by atoms with van der Waals surface area (Å²) < 4.78 is 5.54. The summed E-state index contributed by atoms with van der Waals surface area (Å²) in [7, 11) is 0. The number of rotatable bonds is 6. The summed E-state index contributed by atoms with van der Waals surface area (Å²) in [4.78, 5) is 2.07. The Labute approximate surface area is 91.8 Å². The Morgan fingerprint density at radius 3 is 2.27 bits per heavy atom. The third-order valence-electron chi connectivity index (χ3n) is 2.53. The number of hydrogen-bond acceptors (Lipinski definition) is 4. The highest BCUT2D eigenvalue weighted by Crippen LogP contribution is 2.13. The molecule has 3 unspecified atom stereocenters. The van der Waals surface area contributed by atoms with Crippen LogP contribution in [-0.4, -0.2) is 59.7 Å². The van der Waals surface area contributed by atoms with E-state index >= 15 is 0 Å². The highest BCUT2D eigenvalue weighted by atomic mass is 16.5. The van der Waals surface area contributed by atoms with Crippen molar-refractivity contribution >= 4 is 0 Å². The molecular formula is C11H23NO3. The molecule has 1 rings (SSSR count). The molecule has 0 aromatic carbocycles. The fourth-order valence-corrected chi connectivity index (χ4v) is 2.05. The Balaban J connectivity index is 2.32. The third kappa shape index (κ3) is 5.47. The van der Waals surface area contributed by atoms with Gasteiger partial charge in [-0.15, -0.1) is 0 Å². The lowest BCUT2D eigenvalue weighted by Crippen LogP contribution is -2.40. The van der Waals surface area contributed by atoms with E-state index in [1.165, 1.54) is 0 Å². The van der Waals surface area contributed by atoms with Crippen LogP contribution in [0, 0.1) is 0 Å². The molecule has 0 radical (unpaired) electrons. The van der Waals surface area contributed by atoms with E-state index in [9.17, 15) is 10.2 Å². The lowest BCUT2D eigenvalue weighted by molar-refractivity contribution is 0.0337. The molecule has 0 aromatic rings. The Hall–Kier alpha value is -0.160. The molecule has 4 heteroatoms. The fraction of sp³-hybridized carbons (Fsp3) is 1.00. The quantitative estimate of drug-likeness (QED) is 0.669. The Kier molecular flexibility index (Phi) is 5.53. The van der Waals surface area contributed by atoms with E-state index in [4.69, 9.17) is 4.74 Å². The van der Waals surface area contributed by atoms with Crippen LogP contribution in [0.15, 0.2) is 0 Å². The van der Waals surface area contributed by atoms with Gasteiger partial charge in [0.1, 0.15) is 0 Å². The molecule has 0 aromatic heterocycles. The minimum atomic E-state index is -0.356. The van der Waals surface area contributed by atoms with Gasteiger partial charge < -0.3 is 14.9 Å². The van der Waals surface area contributed by atoms with E-state index in [0.29, 0.717) is 13.1 Å². The van der Waals surface area contributed by atoms with Crippen LogP contribution in [0.25, 0.3) is 0 Å². The van der Waals surface area contributed by atoms with Gasteiger partial charge in [0, 0.05) is 26.2 Å². The largest absolute Gasteiger partial charge is 0.392 e. The fourth-order valence-electron chi connectivity index (χ4n) is 2.05. The topological polar surface area (TPSA) is 52.9 Å². The van der Waals surface area contributed by atoms with Crippen LogP contribution in [0.1, 0.15) is 26.7 Å². The van der Waals surface area contributed by atoms with Gasteiger partial charge in [0.25, 0.3) is 0 Å². The van der Waals surface area contributed by atoms with E-state index in [-0.39, 0.29) is 18.3 Å². The van der Waals surface area contributed by atoms with Gasteiger partial charge in [-0.05, 0) is 26.7 Å². The Morgan fingerprint density at radius 1 is 1.27 bits per heavy atom. The standard InChI is InChI=1S/C11H23NO3/c1-9(13)6-12(7-10(2)14)8-11-4-3-5-15-11/h9-11,13-14H,3-8H2,1-2H3. The molecule has 15 heavy (non-hydrogen) atoms. The summed E-state index contributed by atoms with van der Waals surface area (Å²) in [6, 6.07) is 0. The van der Waals surface area contributed by atoms with Crippen LogP contribution < -0.4 is 0 Å². The molecule has 0 spiro atoms. The van der Waals surface area contributed by atoms with Crippen molar-refractivity contribution in [1.29, 1.82) is 0 Å². The molecular weight excluding hydrogens is 194 g/mol. The number of nitrogens with zero attached hydrogens (tertiary/aromatic N) is 1. The van der Waals surface area contributed by atoms with Crippen LogP contribution >= 0.6 is 0 Å². The van der Waals surface area contributed by atoms with Crippen LogP contribution in [0.2, 0.25) is 0 Å². The monoisotopic (exact) mass is 217 g/mol. The molecule has 0 bridgehead atoms. The number of aliphatic hydroxyl groups excluding tert-OH is 2. The van der Waals surface area contributed by atoms with Crippen molar-refractivity contribution in [2.75, 3.05) is 26.2 Å². The Morgan fingerprint density at radius 2 is 1.87 bits per heavy atom. The molecule has 3 atom stereocenters. The second-order valence-electron chi connectivity index (χ2n) is 4.55. The van der Waals surface area contributed by atoms with Gasteiger partial charge in [-0.3, -0.25) is 4.90 Å². The molecule has 1 aliphatic heterocycles. The zero-order chi connectivity index (χ0) is 11.3. The van der Waals surface area contributed by atoms with Crippen molar-refractivity contribution in [2.45, 2.75) is 45.0 Å². The zero-order valence-corrected chi connectivity index (χ0v) is 9.72. The van der Waals surface area contributed by atoms with Gasteiger partial charge in [-0.1, -0.05) is 0 Å². The van der Waals surface area contributed by atoms with E-state index in [0.717, 1.165) is 26.0 Å². The first kappa shape index (κ1) is 12.9. The molecule has 0 amide bonds. The third-order valence-corrected chi connectivity index (χ3v) is 2.53. The highest BCUT2D eigenvalue weighted by molar-refractivity contribution is 4.73. The smallest absolute Gasteiger partial charge is 0.0702 e. The molecule has 1 fully saturated rings. The summed E-state index contributed by atoms with van der Waals surface area (Å²) in [5.41, 5.74) is 0. The predicted octanol–water partition coefficient (Wildman–Crippen LogP) is 0.229.